The van der Waals surface area contributed by atoms with Crippen LogP contribution in [0.5, 0.6) is 0 Å². The van der Waals surface area contributed by atoms with Crippen molar-refractivity contribution in [2.24, 2.45) is 0 Å². The highest BCUT2D eigenvalue weighted by Gasteiger charge is 2.19. The maximum absolute atomic E-state index is 12.5. The molecule has 0 N–H and O–H groups in total. The van der Waals surface area contributed by atoms with Crippen LogP contribution in [0.3, 0.4) is 0 Å². The molecule has 1 aromatic carbocycles. The summed E-state index contributed by atoms with van der Waals surface area (Å²) in [5, 5.41) is 0.762. The van der Waals surface area contributed by atoms with Crippen LogP contribution < -0.4 is 0 Å². The highest BCUT2D eigenvalue weighted by atomic mass is 32.2. The van der Waals surface area contributed by atoms with E-state index in [0.29, 0.717) is 11.3 Å². The van der Waals surface area contributed by atoms with Crippen LogP contribution >= 0.6 is 11.8 Å². The molecule has 4 nitrogen and oxygen atoms in total. The Morgan fingerprint density at radius 3 is 2.38 bits per heavy atom. The third-order valence-corrected chi connectivity index (χ3v) is 5.81. The van der Waals surface area contributed by atoms with Crippen LogP contribution in [0.4, 0.5) is 0 Å². The van der Waals surface area contributed by atoms with Gasteiger partial charge in [-0.25, -0.2) is 4.98 Å². The molecule has 1 aliphatic heterocycles. The number of hydrogen-bond donors (Lipinski definition) is 0. The van der Waals surface area contributed by atoms with E-state index >= 15 is 0 Å². The summed E-state index contributed by atoms with van der Waals surface area (Å²) >= 11 is 1.41. The number of amides is 1. The van der Waals surface area contributed by atoms with Crippen LogP contribution in [-0.4, -0.2) is 40.4 Å². The monoisotopic (exact) mass is 368 g/mol. The molecule has 0 atom stereocenters. The molecule has 0 unspecified atom stereocenters. The Balaban J connectivity index is 1.62. The van der Waals surface area contributed by atoms with Crippen LogP contribution in [0.1, 0.15) is 50.2 Å². The number of rotatable bonds is 5. The molecule has 1 aliphatic rings. The van der Waals surface area contributed by atoms with E-state index in [2.05, 4.69) is 18.0 Å². The van der Waals surface area contributed by atoms with E-state index < -0.39 is 0 Å². The zero-order valence-corrected chi connectivity index (χ0v) is 16.4. The van der Waals surface area contributed by atoms with Crippen molar-refractivity contribution in [1.82, 2.24) is 9.88 Å². The molecule has 1 aromatic heterocycles. The molecule has 5 heteroatoms. The van der Waals surface area contributed by atoms with Gasteiger partial charge in [0.25, 0.3) is 5.91 Å². The second-order valence-electron chi connectivity index (χ2n) is 6.85. The van der Waals surface area contributed by atoms with Crippen LogP contribution in [0.2, 0.25) is 0 Å². The molecule has 0 aliphatic carbocycles. The number of benzene rings is 1. The molecule has 1 saturated heterocycles. The Morgan fingerprint density at radius 1 is 1.04 bits per heavy atom. The molecule has 136 valence electrons. The first-order valence-electron chi connectivity index (χ1n) is 8.95. The van der Waals surface area contributed by atoms with Crippen molar-refractivity contribution in [3.05, 3.63) is 58.3 Å². The highest BCUT2D eigenvalue weighted by Crippen LogP contribution is 2.21. The van der Waals surface area contributed by atoms with Gasteiger partial charge in [0.2, 0.25) is 0 Å². The first-order chi connectivity index (χ1) is 12.5. The molecule has 0 bridgehead atoms. The fraction of sp³-hybridized carbons (Fsp3) is 0.381. The summed E-state index contributed by atoms with van der Waals surface area (Å²) in [6, 6.07) is 7.67. The number of hydrogen-bond acceptors (Lipinski definition) is 4. The number of carbonyl (C=O) groups excluding carboxylic acids is 2. The van der Waals surface area contributed by atoms with Gasteiger partial charge in [-0.05, 0) is 68.5 Å². The molecule has 1 fully saturated rings. The van der Waals surface area contributed by atoms with Gasteiger partial charge in [0.1, 0.15) is 0 Å². The number of aromatic nitrogens is 1. The summed E-state index contributed by atoms with van der Waals surface area (Å²) < 4.78 is 0. The van der Waals surface area contributed by atoms with Crippen LogP contribution in [0, 0.1) is 20.8 Å². The van der Waals surface area contributed by atoms with Gasteiger partial charge in [-0.1, -0.05) is 17.8 Å². The Morgan fingerprint density at radius 2 is 1.73 bits per heavy atom. The number of pyridine rings is 1. The third-order valence-electron chi connectivity index (χ3n) is 4.87. The first-order valence-corrected chi connectivity index (χ1v) is 9.93. The minimum atomic E-state index is 0.0494. The molecule has 3 rings (SSSR count). The molecule has 0 radical (unpaired) electrons. The minimum absolute atomic E-state index is 0.0494. The Kier molecular flexibility index (Phi) is 5.77. The van der Waals surface area contributed by atoms with E-state index in [9.17, 15) is 9.59 Å². The lowest BCUT2D eigenvalue weighted by atomic mass is 9.99. The summed E-state index contributed by atoms with van der Waals surface area (Å²) in [5.41, 5.74) is 4.74. The minimum Gasteiger partial charge on any atom is -0.339 e. The maximum atomic E-state index is 12.5. The second kappa shape index (κ2) is 8.04. The van der Waals surface area contributed by atoms with Crippen molar-refractivity contribution in [3.63, 3.8) is 0 Å². The van der Waals surface area contributed by atoms with Gasteiger partial charge in [0, 0.05) is 24.8 Å². The fourth-order valence-electron chi connectivity index (χ4n) is 3.17. The van der Waals surface area contributed by atoms with Crippen molar-refractivity contribution >= 4 is 23.5 Å². The van der Waals surface area contributed by atoms with Gasteiger partial charge in [-0.2, -0.15) is 0 Å². The van der Waals surface area contributed by atoms with Gasteiger partial charge in [-0.3, -0.25) is 9.59 Å². The van der Waals surface area contributed by atoms with E-state index in [1.54, 1.807) is 6.20 Å². The van der Waals surface area contributed by atoms with Crippen molar-refractivity contribution in [3.8, 4) is 0 Å². The third kappa shape index (κ3) is 4.15. The molecule has 2 heterocycles. The fourth-order valence-corrected chi connectivity index (χ4v) is 3.90. The van der Waals surface area contributed by atoms with Crippen molar-refractivity contribution in [2.45, 2.75) is 38.6 Å². The lowest BCUT2D eigenvalue weighted by Crippen LogP contribution is -2.27. The van der Waals surface area contributed by atoms with Gasteiger partial charge in [0.15, 0.2) is 5.78 Å². The quantitative estimate of drug-likeness (QED) is 0.586. The Bertz CT molecular complexity index is 825. The zero-order chi connectivity index (χ0) is 18.7. The van der Waals surface area contributed by atoms with E-state index in [0.717, 1.165) is 47.6 Å². The summed E-state index contributed by atoms with van der Waals surface area (Å²) in [7, 11) is 0. The number of carbonyl (C=O) groups is 2. The SMILES string of the molecule is Cc1cc(C)c(C(=O)CSc2ccc(C(=O)N3CCCC3)cn2)cc1C. The van der Waals surface area contributed by atoms with Gasteiger partial charge < -0.3 is 4.90 Å². The Hall–Kier alpha value is -2.14. The smallest absolute Gasteiger partial charge is 0.255 e. The normalized spacial score (nSPS) is 13.9. The van der Waals surface area contributed by atoms with E-state index in [1.807, 2.05) is 36.9 Å². The van der Waals surface area contributed by atoms with Crippen LogP contribution in [-0.2, 0) is 0 Å². The van der Waals surface area contributed by atoms with Crippen LogP contribution in [0.15, 0.2) is 35.5 Å². The van der Waals surface area contributed by atoms with Gasteiger partial charge >= 0.3 is 0 Å². The topological polar surface area (TPSA) is 50.3 Å². The standard InChI is InChI=1S/C21H24N2O2S/c1-14-10-16(3)18(11-15(14)2)19(24)13-26-20-7-6-17(12-22-20)21(25)23-8-4-5-9-23/h6-7,10-12H,4-5,8-9,13H2,1-3H3. The molecule has 26 heavy (non-hydrogen) atoms. The Labute approximate surface area is 159 Å². The predicted octanol–water partition coefficient (Wildman–Crippen LogP) is 4.22. The molecule has 0 saturated carbocycles. The van der Waals surface area contributed by atoms with Crippen molar-refractivity contribution in [1.29, 1.82) is 0 Å². The molecule has 1 amide bonds. The average molecular weight is 369 g/mol. The number of Topliss-reactive ketones (excluding diaryl/α,β-unsaturated/α-hetero) is 1. The molecule has 2 aromatic rings. The first kappa shape index (κ1) is 18.6. The summed E-state index contributed by atoms with van der Waals surface area (Å²) in [5.74, 6) is 0.499. The number of ketones is 1. The molecule has 0 spiro atoms. The van der Waals surface area contributed by atoms with E-state index in [1.165, 1.54) is 17.3 Å². The predicted molar refractivity (Wildman–Crippen MR) is 105 cm³/mol. The lowest BCUT2D eigenvalue weighted by Gasteiger charge is -2.14. The van der Waals surface area contributed by atoms with Gasteiger partial charge in [-0.15, -0.1) is 0 Å². The average Bonchev–Trinajstić information content (AvgIpc) is 3.17. The number of aryl methyl sites for hydroxylation is 3. The van der Waals surface area contributed by atoms with Crippen molar-refractivity contribution in [2.75, 3.05) is 18.8 Å². The van der Waals surface area contributed by atoms with Crippen molar-refractivity contribution < 1.29 is 9.59 Å². The summed E-state index contributed by atoms with van der Waals surface area (Å²) in [6.07, 6.45) is 3.77. The zero-order valence-electron chi connectivity index (χ0n) is 15.5. The number of likely N-dealkylation sites (tertiary alicyclic amines) is 1. The molecular formula is C21H24N2O2S. The summed E-state index contributed by atoms with van der Waals surface area (Å²) in [6.45, 7) is 7.72. The maximum Gasteiger partial charge on any atom is 0.255 e. The summed E-state index contributed by atoms with van der Waals surface area (Å²) in [4.78, 5) is 31.1. The number of thioether (sulfide) groups is 1. The molecular weight excluding hydrogens is 344 g/mol. The largest absolute Gasteiger partial charge is 0.339 e. The lowest BCUT2D eigenvalue weighted by molar-refractivity contribution is 0.0792. The van der Waals surface area contributed by atoms with Crippen LogP contribution in [0.25, 0.3) is 0 Å². The second-order valence-corrected chi connectivity index (χ2v) is 7.84. The number of nitrogens with zero attached hydrogens (tertiary/aromatic N) is 2. The highest BCUT2D eigenvalue weighted by molar-refractivity contribution is 7.99. The van der Waals surface area contributed by atoms with E-state index in [-0.39, 0.29) is 11.7 Å². The van der Waals surface area contributed by atoms with Gasteiger partial charge in [0.05, 0.1) is 16.3 Å². The van der Waals surface area contributed by atoms with E-state index in [4.69, 9.17) is 0 Å².